The third-order valence-electron chi connectivity index (χ3n) is 3.12. The number of hydrogen-bond acceptors (Lipinski definition) is 3. The number of rotatable bonds is 5. The molecule has 23 heavy (non-hydrogen) atoms. The van der Waals surface area contributed by atoms with E-state index in [1.165, 1.54) is 23.8 Å². The average molecular weight is 356 g/mol. The van der Waals surface area contributed by atoms with Crippen molar-refractivity contribution >= 4 is 28.9 Å². The average Bonchev–Trinajstić information content (AvgIpc) is 2.47. The van der Waals surface area contributed by atoms with Gasteiger partial charge in [-0.1, -0.05) is 18.5 Å². The standard InChI is InChI=1S/C15H14ClN3O3.ClH/c1-2-11-5-7-18(8-6-11)10-15(20)17-13-9-12(16)3-4-14(13)19(21)22;/h3-9H,2,10H2,1H3;1H. The number of nitrogens with zero attached hydrogens (tertiary/aromatic N) is 2. The van der Waals surface area contributed by atoms with Crippen molar-refractivity contribution in [3.05, 3.63) is 63.4 Å². The minimum absolute atomic E-state index is 0. The van der Waals surface area contributed by atoms with Crippen LogP contribution in [0.2, 0.25) is 5.02 Å². The third kappa shape index (κ3) is 5.19. The van der Waals surface area contributed by atoms with Crippen LogP contribution in [0.4, 0.5) is 11.4 Å². The Kier molecular flexibility index (Phi) is 6.93. The second-order valence-corrected chi connectivity index (χ2v) is 5.14. The van der Waals surface area contributed by atoms with E-state index in [9.17, 15) is 14.9 Å². The van der Waals surface area contributed by atoms with Gasteiger partial charge >= 0.3 is 0 Å². The molecule has 122 valence electrons. The van der Waals surface area contributed by atoms with Crippen LogP contribution in [0.1, 0.15) is 12.5 Å². The maximum absolute atomic E-state index is 12.0. The quantitative estimate of drug-likeness (QED) is 0.456. The van der Waals surface area contributed by atoms with Gasteiger partial charge in [-0.25, -0.2) is 0 Å². The first-order chi connectivity index (χ1) is 10.5. The van der Waals surface area contributed by atoms with Crippen molar-refractivity contribution in [2.45, 2.75) is 19.9 Å². The molecule has 0 saturated heterocycles. The Morgan fingerprint density at radius 2 is 1.96 bits per heavy atom. The monoisotopic (exact) mass is 355 g/mol. The van der Waals surface area contributed by atoms with Crippen LogP contribution < -0.4 is 22.3 Å². The summed E-state index contributed by atoms with van der Waals surface area (Å²) in [5.74, 6) is -0.361. The Labute approximate surface area is 144 Å². The zero-order chi connectivity index (χ0) is 16.1. The zero-order valence-electron chi connectivity index (χ0n) is 12.3. The molecule has 2 rings (SSSR count). The first-order valence-electron chi connectivity index (χ1n) is 6.71. The number of benzene rings is 1. The molecule has 0 radical (unpaired) electrons. The van der Waals surface area contributed by atoms with E-state index in [2.05, 4.69) is 5.32 Å². The molecular weight excluding hydrogens is 341 g/mol. The number of carbonyl (C=O) groups is 1. The van der Waals surface area contributed by atoms with Crippen molar-refractivity contribution in [1.29, 1.82) is 0 Å². The summed E-state index contributed by atoms with van der Waals surface area (Å²) in [4.78, 5) is 22.4. The summed E-state index contributed by atoms with van der Waals surface area (Å²) in [6.07, 6.45) is 4.51. The number of halogens is 2. The summed E-state index contributed by atoms with van der Waals surface area (Å²) < 4.78 is 1.70. The molecule has 1 aromatic heterocycles. The van der Waals surface area contributed by atoms with Crippen LogP contribution in [0.5, 0.6) is 0 Å². The second-order valence-electron chi connectivity index (χ2n) is 4.70. The Morgan fingerprint density at radius 3 is 2.52 bits per heavy atom. The number of aryl methyl sites for hydroxylation is 1. The molecule has 2 aromatic rings. The van der Waals surface area contributed by atoms with E-state index in [0.717, 1.165) is 6.42 Å². The second kappa shape index (κ2) is 8.45. The molecular formula is C15H15Cl2N3O3. The zero-order valence-corrected chi connectivity index (χ0v) is 13.8. The molecule has 0 saturated carbocycles. The number of pyridine rings is 1. The van der Waals surface area contributed by atoms with Crippen LogP contribution in [0.15, 0.2) is 42.7 Å². The van der Waals surface area contributed by atoms with Crippen LogP contribution in [0.25, 0.3) is 0 Å². The summed E-state index contributed by atoms with van der Waals surface area (Å²) in [7, 11) is 0. The highest BCUT2D eigenvalue weighted by atomic mass is 35.5. The maximum atomic E-state index is 12.0. The molecule has 0 fully saturated rings. The van der Waals surface area contributed by atoms with Crippen molar-refractivity contribution in [2.24, 2.45) is 0 Å². The van der Waals surface area contributed by atoms with Gasteiger partial charge in [-0.05, 0) is 24.1 Å². The molecule has 1 amide bonds. The number of amides is 1. The van der Waals surface area contributed by atoms with E-state index >= 15 is 0 Å². The number of nitrogens with one attached hydrogen (secondary N) is 1. The van der Waals surface area contributed by atoms with Gasteiger partial charge in [0.2, 0.25) is 6.54 Å². The minimum atomic E-state index is -0.560. The van der Waals surface area contributed by atoms with Crippen molar-refractivity contribution in [3.8, 4) is 0 Å². The predicted molar refractivity (Wildman–Crippen MR) is 82.8 cm³/mol. The third-order valence-corrected chi connectivity index (χ3v) is 3.36. The summed E-state index contributed by atoms with van der Waals surface area (Å²) in [5.41, 5.74) is 1.07. The largest absolute Gasteiger partial charge is 1.00 e. The highest BCUT2D eigenvalue weighted by Gasteiger charge is 2.18. The fraction of sp³-hybridized carbons (Fsp3) is 0.200. The molecule has 1 heterocycles. The number of carbonyl (C=O) groups excluding carboxylic acids is 1. The molecule has 1 aromatic carbocycles. The molecule has 6 nitrogen and oxygen atoms in total. The van der Waals surface area contributed by atoms with Crippen molar-refractivity contribution in [1.82, 2.24) is 0 Å². The lowest BCUT2D eigenvalue weighted by atomic mass is 10.2. The normalized spacial score (nSPS) is 9.83. The van der Waals surface area contributed by atoms with E-state index in [1.807, 2.05) is 19.1 Å². The van der Waals surface area contributed by atoms with Gasteiger partial charge in [0.1, 0.15) is 5.69 Å². The van der Waals surface area contributed by atoms with Gasteiger partial charge < -0.3 is 17.7 Å². The first-order valence-corrected chi connectivity index (χ1v) is 7.09. The molecule has 8 heteroatoms. The molecule has 0 aliphatic rings. The fourth-order valence-electron chi connectivity index (χ4n) is 1.95. The van der Waals surface area contributed by atoms with E-state index in [0.29, 0.717) is 5.02 Å². The van der Waals surface area contributed by atoms with E-state index in [4.69, 9.17) is 11.6 Å². The van der Waals surface area contributed by atoms with E-state index < -0.39 is 4.92 Å². The number of aromatic nitrogens is 1. The van der Waals surface area contributed by atoms with Crippen LogP contribution in [0, 0.1) is 10.1 Å². The van der Waals surface area contributed by atoms with Gasteiger partial charge in [0.15, 0.2) is 12.4 Å². The fourth-order valence-corrected chi connectivity index (χ4v) is 2.12. The summed E-state index contributed by atoms with van der Waals surface area (Å²) in [6, 6.07) is 7.89. The van der Waals surface area contributed by atoms with Crippen LogP contribution >= 0.6 is 11.6 Å². The summed E-state index contributed by atoms with van der Waals surface area (Å²) >= 11 is 5.82. The number of anilines is 1. The number of nitro groups is 1. The van der Waals surface area contributed by atoms with Crippen molar-refractivity contribution in [2.75, 3.05) is 5.32 Å². The molecule has 0 spiro atoms. The molecule has 1 N–H and O–H groups in total. The molecule has 0 unspecified atom stereocenters. The van der Waals surface area contributed by atoms with E-state index in [-0.39, 0.29) is 36.2 Å². The first kappa shape index (κ1) is 18.9. The van der Waals surface area contributed by atoms with Gasteiger partial charge in [-0.2, -0.15) is 4.57 Å². The minimum Gasteiger partial charge on any atom is -1.00 e. The van der Waals surface area contributed by atoms with Gasteiger partial charge in [0, 0.05) is 23.2 Å². The topological polar surface area (TPSA) is 76.1 Å². The Morgan fingerprint density at radius 1 is 1.30 bits per heavy atom. The van der Waals surface area contributed by atoms with E-state index in [1.54, 1.807) is 17.0 Å². The van der Waals surface area contributed by atoms with Crippen molar-refractivity contribution in [3.63, 3.8) is 0 Å². The van der Waals surface area contributed by atoms with Gasteiger partial charge in [-0.3, -0.25) is 14.9 Å². The Balaban J connectivity index is 0.00000264. The lowest BCUT2D eigenvalue weighted by Crippen LogP contribution is -3.00. The lowest BCUT2D eigenvalue weighted by molar-refractivity contribution is -0.684. The summed E-state index contributed by atoms with van der Waals surface area (Å²) in [6.45, 7) is 2.11. The van der Waals surface area contributed by atoms with Crippen LogP contribution in [-0.4, -0.2) is 10.8 Å². The lowest BCUT2D eigenvalue weighted by Gasteiger charge is -2.05. The maximum Gasteiger partial charge on any atom is 0.292 e. The Hall–Kier alpha value is -2.18. The SMILES string of the molecule is CCc1cc[n+](CC(=O)Nc2cc(Cl)ccc2[N+](=O)[O-])cc1.[Cl-]. The predicted octanol–water partition coefficient (Wildman–Crippen LogP) is -0.259. The van der Waals surface area contributed by atoms with Crippen molar-refractivity contribution < 1.29 is 26.7 Å². The van der Waals surface area contributed by atoms with Gasteiger partial charge in [0.05, 0.1) is 4.92 Å². The van der Waals surface area contributed by atoms with Crippen LogP contribution in [-0.2, 0) is 17.8 Å². The molecule has 0 aliphatic heterocycles. The van der Waals surface area contributed by atoms with Gasteiger partial charge in [-0.15, -0.1) is 0 Å². The smallest absolute Gasteiger partial charge is 0.292 e. The molecule has 0 bridgehead atoms. The summed E-state index contributed by atoms with van der Waals surface area (Å²) in [5, 5.41) is 13.8. The molecule has 0 aliphatic carbocycles. The van der Waals surface area contributed by atoms with Gasteiger partial charge in [0.25, 0.3) is 11.6 Å². The van der Waals surface area contributed by atoms with Crippen LogP contribution in [0.3, 0.4) is 0 Å². The Bertz CT molecular complexity index is 706. The number of hydrogen-bond donors (Lipinski definition) is 1. The highest BCUT2D eigenvalue weighted by molar-refractivity contribution is 6.31. The number of nitro benzene ring substituents is 1. The molecule has 0 atom stereocenters. The highest BCUT2D eigenvalue weighted by Crippen LogP contribution is 2.27.